The van der Waals surface area contributed by atoms with Crippen molar-refractivity contribution in [2.24, 2.45) is 0 Å². The number of hydrogen-bond donors (Lipinski definition) is 1. The molecule has 0 amide bonds. The van der Waals surface area contributed by atoms with E-state index >= 15 is 0 Å². The Morgan fingerprint density at radius 1 is 1.00 bits per heavy atom. The topological polar surface area (TPSA) is 23.9 Å². The van der Waals surface area contributed by atoms with Crippen LogP contribution in [0.2, 0.25) is 0 Å². The van der Waals surface area contributed by atoms with E-state index in [0.717, 1.165) is 12.8 Å². The third-order valence-electron chi connectivity index (χ3n) is 1.51. The molecule has 0 radical (unpaired) electrons. The van der Waals surface area contributed by atoms with Crippen LogP contribution >= 0.6 is 0 Å². The minimum absolute atomic E-state index is 0.952. The Kier molecular flexibility index (Phi) is 7.91. The first-order valence-electron chi connectivity index (χ1n) is 4.01. The molecule has 0 rings (SSSR count). The molecular weight excluding hydrogens is 122 g/mol. The maximum atomic E-state index is 6.78. The highest BCUT2D eigenvalue weighted by atomic mass is 14.3. The summed E-state index contributed by atoms with van der Waals surface area (Å²) in [6.07, 6.45) is 10.6. The summed E-state index contributed by atoms with van der Waals surface area (Å²) >= 11 is 0. The Morgan fingerprint density at radius 3 is 2.10 bits per heavy atom. The molecule has 0 aliphatic rings. The highest BCUT2D eigenvalue weighted by molar-refractivity contribution is 5.52. The number of nitrogens with one attached hydrogen (secondary N) is 1. The molecule has 0 aliphatic carbocycles. The SMILES string of the molecule is C=CCCCCCCC=N. The highest BCUT2D eigenvalue weighted by Crippen LogP contribution is 2.03. The van der Waals surface area contributed by atoms with Crippen molar-refractivity contribution >= 4 is 6.21 Å². The van der Waals surface area contributed by atoms with Crippen LogP contribution in [-0.4, -0.2) is 6.21 Å². The summed E-state index contributed by atoms with van der Waals surface area (Å²) in [6.45, 7) is 3.66. The number of allylic oxidation sites excluding steroid dienone is 1. The summed E-state index contributed by atoms with van der Waals surface area (Å²) in [5.74, 6) is 0. The van der Waals surface area contributed by atoms with Gasteiger partial charge in [0.25, 0.3) is 0 Å². The zero-order chi connectivity index (χ0) is 7.66. The fourth-order valence-electron chi connectivity index (χ4n) is 0.889. The molecule has 0 bridgehead atoms. The smallest absolute Gasteiger partial charge is 0.00477 e. The van der Waals surface area contributed by atoms with Gasteiger partial charge in [0.15, 0.2) is 0 Å². The van der Waals surface area contributed by atoms with E-state index in [1.165, 1.54) is 31.9 Å². The van der Waals surface area contributed by atoms with Crippen LogP contribution in [0.3, 0.4) is 0 Å². The zero-order valence-corrected chi connectivity index (χ0v) is 6.60. The van der Waals surface area contributed by atoms with Crippen molar-refractivity contribution in [2.45, 2.75) is 38.5 Å². The lowest BCUT2D eigenvalue weighted by atomic mass is 10.1. The van der Waals surface area contributed by atoms with Crippen molar-refractivity contribution < 1.29 is 0 Å². The van der Waals surface area contributed by atoms with Gasteiger partial charge in [-0.25, -0.2) is 0 Å². The van der Waals surface area contributed by atoms with Gasteiger partial charge in [-0.05, 0) is 31.9 Å². The Balaban J connectivity index is 2.76. The van der Waals surface area contributed by atoms with E-state index in [-0.39, 0.29) is 0 Å². The second-order valence-corrected chi connectivity index (χ2v) is 2.48. The van der Waals surface area contributed by atoms with E-state index in [0.29, 0.717) is 0 Å². The van der Waals surface area contributed by atoms with Crippen LogP contribution in [0.1, 0.15) is 38.5 Å². The molecule has 0 atom stereocenters. The molecule has 0 saturated carbocycles. The standard InChI is InChI=1S/C9H17N/c1-2-3-4-5-6-7-8-9-10/h2,9-10H,1,3-8H2. The number of hydrogen-bond acceptors (Lipinski definition) is 1. The van der Waals surface area contributed by atoms with Crippen LogP contribution in [0.5, 0.6) is 0 Å². The monoisotopic (exact) mass is 139 g/mol. The summed E-state index contributed by atoms with van der Waals surface area (Å²) < 4.78 is 0. The lowest BCUT2D eigenvalue weighted by molar-refractivity contribution is 0.661. The van der Waals surface area contributed by atoms with Crippen molar-refractivity contribution in [1.82, 2.24) is 0 Å². The molecule has 0 aliphatic heterocycles. The number of rotatable bonds is 7. The van der Waals surface area contributed by atoms with Crippen molar-refractivity contribution in [1.29, 1.82) is 5.41 Å². The van der Waals surface area contributed by atoms with Crippen LogP contribution in [0.15, 0.2) is 12.7 Å². The molecule has 1 nitrogen and oxygen atoms in total. The van der Waals surface area contributed by atoms with Crippen LogP contribution in [-0.2, 0) is 0 Å². The molecule has 10 heavy (non-hydrogen) atoms. The minimum atomic E-state index is 0.952. The van der Waals surface area contributed by atoms with Crippen molar-refractivity contribution in [2.75, 3.05) is 0 Å². The summed E-state index contributed by atoms with van der Waals surface area (Å²) in [4.78, 5) is 0. The van der Waals surface area contributed by atoms with Crippen molar-refractivity contribution in [3.63, 3.8) is 0 Å². The molecule has 58 valence electrons. The fraction of sp³-hybridized carbons (Fsp3) is 0.667. The van der Waals surface area contributed by atoms with Gasteiger partial charge < -0.3 is 5.41 Å². The third kappa shape index (κ3) is 7.41. The Bertz CT molecular complexity index is 74.7. The summed E-state index contributed by atoms with van der Waals surface area (Å²) in [6, 6.07) is 0. The number of unbranched alkanes of at least 4 members (excludes halogenated alkanes) is 5. The molecule has 0 aromatic rings. The van der Waals surface area contributed by atoms with Crippen molar-refractivity contribution in [3.05, 3.63) is 12.7 Å². The van der Waals surface area contributed by atoms with Gasteiger partial charge in [0.1, 0.15) is 0 Å². The van der Waals surface area contributed by atoms with Gasteiger partial charge >= 0.3 is 0 Å². The third-order valence-corrected chi connectivity index (χ3v) is 1.51. The molecule has 0 unspecified atom stereocenters. The molecule has 0 aromatic heterocycles. The van der Waals surface area contributed by atoms with Gasteiger partial charge in [0, 0.05) is 0 Å². The van der Waals surface area contributed by atoms with E-state index in [9.17, 15) is 0 Å². The normalized spacial score (nSPS) is 9.20. The second kappa shape index (κ2) is 8.41. The van der Waals surface area contributed by atoms with Gasteiger partial charge in [0.05, 0.1) is 0 Å². The zero-order valence-electron chi connectivity index (χ0n) is 6.60. The summed E-state index contributed by atoms with van der Waals surface area (Å²) in [7, 11) is 0. The molecule has 0 saturated heterocycles. The predicted octanol–water partition coefficient (Wildman–Crippen LogP) is 3.16. The average Bonchev–Trinajstić information content (AvgIpc) is 1.97. The molecule has 1 N–H and O–H groups in total. The maximum absolute atomic E-state index is 6.78. The van der Waals surface area contributed by atoms with Crippen molar-refractivity contribution in [3.8, 4) is 0 Å². The Hall–Kier alpha value is -0.590. The van der Waals surface area contributed by atoms with Gasteiger partial charge in [0.2, 0.25) is 0 Å². The van der Waals surface area contributed by atoms with Gasteiger partial charge in [-0.15, -0.1) is 6.58 Å². The molecular formula is C9H17N. The fourth-order valence-corrected chi connectivity index (χ4v) is 0.889. The van der Waals surface area contributed by atoms with Crippen LogP contribution in [0, 0.1) is 5.41 Å². The molecule has 0 spiro atoms. The van der Waals surface area contributed by atoms with E-state index in [4.69, 9.17) is 5.41 Å². The van der Waals surface area contributed by atoms with Gasteiger partial charge in [-0.2, -0.15) is 0 Å². The average molecular weight is 139 g/mol. The van der Waals surface area contributed by atoms with E-state index in [2.05, 4.69) is 6.58 Å². The molecule has 0 aromatic carbocycles. The first-order chi connectivity index (χ1) is 4.91. The van der Waals surface area contributed by atoms with Crippen LogP contribution < -0.4 is 0 Å². The summed E-state index contributed by atoms with van der Waals surface area (Å²) in [5.41, 5.74) is 0. The van der Waals surface area contributed by atoms with E-state index in [1.807, 2.05) is 6.08 Å². The van der Waals surface area contributed by atoms with E-state index < -0.39 is 0 Å². The largest absolute Gasteiger partial charge is 0.313 e. The van der Waals surface area contributed by atoms with Gasteiger partial charge in [-0.3, -0.25) is 0 Å². The van der Waals surface area contributed by atoms with E-state index in [1.54, 1.807) is 0 Å². The lowest BCUT2D eigenvalue weighted by Gasteiger charge is -1.94. The quantitative estimate of drug-likeness (QED) is 0.318. The predicted molar refractivity (Wildman–Crippen MR) is 46.7 cm³/mol. The highest BCUT2D eigenvalue weighted by Gasteiger charge is 1.85. The Labute approximate surface area is 63.7 Å². The molecule has 0 fully saturated rings. The first kappa shape index (κ1) is 9.41. The first-order valence-corrected chi connectivity index (χ1v) is 4.01. The molecule has 0 heterocycles. The van der Waals surface area contributed by atoms with Crippen LogP contribution in [0.4, 0.5) is 0 Å². The minimum Gasteiger partial charge on any atom is -0.313 e. The lowest BCUT2D eigenvalue weighted by Crippen LogP contribution is -1.78. The Morgan fingerprint density at radius 2 is 1.60 bits per heavy atom. The van der Waals surface area contributed by atoms with Crippen LogP contribution in [0.25, 0.3) is 0 Å². The summed E-state index contributed by atoms with van der Waals surface area (Å²) in [5, 5.41) is 6.78. The maximum Gasteiger partial charge on any atom is -0.00477 e. The van der Waals surface area contributed by atoms with Gasteiger partial charge in [-0.1, -0.05) is 18.9 Å². The second-order valence-electron chi connectivity index (χ2n) is 2.48. The molecule has 1 heteroatoms.